The third-order valence-corrected chi connectivity index (χ3v) is 4.76. The summed E-state index contributed by atoms with van der Waals surface area (Å²) in [6, 6.07) is 1.85. The minimum atomic E-state index is -0.717. The Morgan fingerprint density at radius 1 is 1.39 bits per heavy atom. The lowest BCUT2D eigenvalue weighted by molar-refractivity contribution is 0.0366. The van der Waals surface area contributed by atoms with Crippen molar-refractivity contribution in [2.75, 3.05) is 26.8 Å². The standard InChI is InChI=1S/C16H23N3O3S/c1-11-7-13(12(2)19(11)15-17-5-6-23-15)14(22)18(4)8-16(3,9-20)10-21/h5-7,20-21H,8-10H2,1-4H3. The van der Waals surface area contributed by atoms with Gasteiger partial charge in [0.25, 0.3) is 5.91 Å². The number of aromatic nitrogens is 2. The summed E-state index contributed by atoms with van der Waals surface area (Å²) in [4.78, 5) is 18.6. The molecule has 0 aliphatic heterocycles. The Bertz CT molecular complexity index is 675. The molecule has 2 N–H and O–H groups in total. The van der Waals surface area contributed by atoms with Crippen LogP contribution in [0.15, 0.2) is 17.6 Å². The van der Waals surface area contributed by atoms with Crippen LogP contribution in [0.25, 0.3) is 5.13 Å². The van der Waals surface area contributed by atoms with Gasteiger partial charge in [0.05, 0.1) is 18.8 Å². The minimum Gasteiger partial charge on any atom is -0.396 e. The van der Waals surface area contributed by atoms with Crippen LogP contribution in [-0.4, -0.2) is 57.4 Å². The van der Waals surface area contributed by atoms with Gasteiger partial charge in [0.15, 0.2) is 5.13 Å². The molecule has 0 atom stereocenters. The maximum absolute atomic E-state index is 12.7. The van der Waals surface area contributed by atoms with E-state index in [0.29, 0.717) is 5.56 Å². The van der Waals surface area contributed by atoms with E-state index in [1.165, 1.54) is 11.3 Å². The lowest BCUT2D eigenvalue weighted by atomic mass is 9.92. The average Bonchev–Trinajstić information content (AvgIpc) is 3.14. The molecule has 0 saturated heterocycles. The Morgan fingerprint density at radius 3 is 2.57 bits per heavy atom. The number of aliphatic hydroxyl groups excluding tert-OH is 2. The highest BCUT2D eigenvalue weighted by molar-refractivity contribution is 7.12. The number of carbonyl (C=O) groups is 1. The Morgan fingerprint density at radius 2 is 2.04 bits per heavy atom. The van der Waals surface area contributed by atoms with Crippen molar-refractivity contribution in [3.63, 3.8) is 0 Å². The van der Waals surface area contributed by atoms with E-state index in [2.05, 4.69) is 4.98 Å². The quantitative estimate of drug-likeness (QED) is 0.839. The van der Waals surface area contributed by atoms with E-state index in [-0.39, 0.29) is 25.7 Å². The van der Waals surface area contributed by atoms with Crippen LogP contribution in [0.4, 0.5) is 0 Å². The second-order valence-corrected chi connectivity index (χ2v) is 7.10. The fraction of sp³-hybridized carbons (Fsp3) is 0.500. The topological polar surface area (TPSA) is 78.6 Å². The molecular weight excluding hydrogens is 314 g/mol. The van der Waals surface area contributed by atoms with Gasteiger partial charge in [-0.2, -0.15) is 0 Å². The fourth-order valence-corrected chi connectivity index (χ4v) is 3.35. The number of aliphatic hydroxyl groups is 2. The predicted octanol–water partition coefficient (Wildman–Crippen LogP) is 1.61. The van der Waals surface area contributed by atoms with Gasteiger partial charge in [0.2, 0.25) is 0 Å². The summed E-state index contributed by atoms with van der Waals surface area (Å²) in [5.41, 5.74) is 1.68. The van der Waals surface area contributed by atoms with Gasteiger partial charge in [-0.05, 0) is 19.9 Å². The van der Waals surface area contributed by atoms with Gasteiger partial charge < -0.3 is 15.1 Å². The van der Waals surface area contributed by atoms with Crippen molar-refractivity contribution >= 4 is 17.2 Å². The van der Waals surface area contributed by atoms with E-state index < -0.39 is 5.41 Å². The summed E-state index contributed by atoms with van der Waals surface area (Å²) >= 11 is 1.52. The van der Waals surface area contributed by atoms with Crippen LogP contribution >= 0.6 is 11.3 Å². The molecule has 23 heavy (non-hydrogen) atoms. The van der Waals surface area contributed by atoms with E-state index in [1.807, 2.05) is 29.9 Å². The molecule has 0 unspecified atom stereocenters. The molecule has 0 aliphatic rings. The molecular formula is C16H23N3O3S. The van der Waals surface area contributed by atoms with Gasteiger partial charge in [0.1, 0.15) is 0 Å². The zero-order valence-corrected chi connectivity index (χ0v) is 14.7. The molecule has 0 saturated carbocycles. The lowest BCUT2D eigenvalue weighted by Gasteiger charge is -2.30. The predicted molar refractivity (Wildman–Crippen MR) is 90.2 cm³/mol. The van der Waals surface area contributed by atoms with Crippen molar-refractivity contribution in [1.82, 2.24) is 14.5 Å². The van der Waals surface area contributed by atoms with E-state index in [9.17, 15) is 15.0 Å². The molecule has 2 aromatic heterocycles. The summed E-state index contributed by atoms with van der Waals surface area (Å²) in [6.07, 6.45) is 1.74. The Kier molecular flexibility index (Phi) is 5.23. The number of aryl methyl sites for hydroxylation is 1. The summed E-state index contributed by atoms with van der Waals surface area (Å²) in [7, 11) is 1.68. The second kappa shape index (κ2) is 6.82. The molecule has 7 heteroatoms. The van der Waals surface area contributed by atoms with Crippen molar-refractivity contribution in [3.05, 3.63) is 34.6 Å². The van der Waals surface area contributed by atoms with Gasteiger partial charge in [-0.1, -0.05) is 6.92 Å². The number of nitrogens with zero attached hydrogens (tertiary/aromatic N) is 3. The SMILES string of the molecule is Cc1cc(C(=O)N(C)CC(C)(CO)CO)c(C)n1-c1nccs1. The van der Waals surface area contributed by atoms with Gasteiger partial charge in [0, 0.05) is 42.0 Å². The van der Waals surface area contributed by atoms with E-state index >= 15 is 0 Å². The zero-order valence-electron chi connectivity index (χ0n) is 13.9. The summed E-state index contributed by atoms with van der Waals surface area (Å²) in [5, 5.41) is 21.5. The van der Waals surface area contributed by atoms with Crippen molar-refractivity contribution in [3.8, 4) is 5.13 Å². The van der Waals surface area contributed by atoms with Crippen molar-refractivity contribution in [1.29, 1.82) is 0 Å². The normalized spacial score (nSPS) is 11.7. The molecule has 2 heterocycles. The molecule has 0 radical (unpaired) electrons. The Balaban J connectivity index is 2.29. The third kappa shape index (κ3) is 3.46. The monoisotopic (exact) mass is 337 g/mol. The third-order valence-electron chi connectivity index (χ3n) is 4.00. The first-order valence-electron chi connectivity index (χ1n) is 7.39. The van der Waals surface area contributed by atoms with Crippen LogP contribution in [0.3, 0.4) is 0 Å². The first kappa shape index (κ1) is 17.7. The number of amides is 1. The lowest BCUT2D eigenvalue weighted by Crippen LogP contribution is -2.41. The van der Waals surface area contributed by atoms with Crippen molar-refractivity contribution in [2.45, 2.75) is 20.8 Å². The first-order chi connectivity index (χ1) is 10.8. The molecule has 0 aromatic carbocycles. The van der Waals surface area contributed by atoms with Gasteiger partial charge in [-0.15, -0.1) is 11.3 Å². The average molecular weight is 337 g/mol. The first-order valence-corrected chi connectivity index (χ1v) is 8.27. The highest BCUT2D eigenvalue weighted by Crippen LogP contribution is 2.24. The number of hydrogen-bond acceptors (Lipinski definition) is 5. The highest BCUT2D eigenvalue weighted by atomic mass is 32.1. The van der Waals surface area contributed by atoms with Gasteiger partial charge >= 0.3 is 0 Å². The van der Waals surface area contributed by atoms with Crippen LogP contribution in [0.1, 0.15) is 28.7 Å². The van der Waals surface area contributed by atoms with E-state index in [1.54, 1.807) is 25.1 Å². The molecule has 1 amide bonds. The van der Waals surface area contributed by atoms with Crippen LogP contribution in [0, 0.1) is 19.3 Å². The van der Waals surface area contributed by atoms with Crippen molar-refractivity contribution in [2.24, 2.45) is 5.41 Å². The minimum absolute atomic E-state index is 0.131. The highest BCUT2D eigenvalue weighted by Gasteiger charge is 2.28. The summed E-state index contributed by atoms with van der Waals surface area (Å²) in [6.45, 7) is 5.50. The molecule has 2 rings (SSSR count). The molecule has 2 aromatic rings. The summed E-state index contributed by atoms with van der Waals surface area (Å²) < 4.78 is 1.96. The van der Waals surface area contributed by atoms with E-state index in [4.69, 9.17) is 0 Å². The smallest absolute Gasteiger partial charge is 0.255 e. The van der Waals surface area contributed by atoms with Gasteiger partial charge in [-0.25, -0.2) is 4.98 Å². The van der Waals surface area contributed by atoms with Crippen LogP contribution in [-0.2, 0) is 0 Å². The van der Waals surface area contributed by atoms with Gasteiger partial charge in [-0.3, -0.25) is 9.36 Å². The van der Waals surface area contributed by atoms with E-state index in [0.717, 1.165) is 16.5 Å². The second-order valence-electron chi connectivity index (χ2n) is 6.22. The maximum Gasteiger partial charge on any atom is 0.255 e. The van der Waals surface area contributed by atoms with Crippen LogP contribution < -0.4 is 0 Å². The number of hydrogen-bond donors (Lipinski definition) is 2. The number of rotatable bonds is 6. The maximum atomic E-state index is 12.7. The molecule has 6 nitrogen and oxygen atoms in total. The number of thiazole rings is 1. The zero-order chi connectivity index (χ0) is 17.2. The number of carbonyl (C=O) groups excluding carboxylic acids is 1. The summed E-state index contributed by atoms with van der Waals surface area (Å²) in [5.74, 6) is -0.131. The fourth-order valence-electron chi connectivity index (χ4n) is 2.60. The molecule has 126 valence electrons. The largest absolute Gasteiger partial charge is 0.396 e. The van der Waals surface area contributed by atoms with Crippen LogP contribution in [0.5, 0.6) is 0 Å². The molecule has 0 spiro atoms. The Hall–Kier alpha value is -1.70. The molecule has 0 fully saturated rings. The molecule has 0 aliphatic carbocycles. The molecule has 0 bridgehead atoms. The van der Waals surface area contributed by atoms with Crippen molar-refractivity contribution < 1.29 is 15.0 Å². The Labute approximate surface area is 140 Å². The van der Waals surface area contributed by atoms with Crippen LogP contribution in [0.2, 0.25) is 0 Å².